The summed E-state index contributed by atoms with van der Waals surface area (Å²) in [5.74, 6) is 0.0956. The van der Waals surface area contributed by atoms with Gasteiger partial charge in [-0.15, -0.1) is 0 Å². The molecule has 0 aliphatic heterocycles. The third-order valence-electron chi connectivity index (χ3n) is 5.33. The number of rotatable bonds is 16. The van der Waals surface area contributed by atoms with Crippen LogP contribution in [0.15, 0.2) is 42.6 Å². The van der Waals surface area contributed by atoms with E-state index in [0.717, 1.165) is 49.8 Å². The van der Waals surface area contributed by atoms with E-state index in [0.29, 0.717) is 26.2 Å². The monoisotopic (exact) mass is 416 g/mol. The Hall–Kier alpha value is -2.18. The van der Waals surface area contributed by atoms with Crippen LogP contribution in [0, 0.1) is 0 Å². The Balaban J connectivity index is 2.82. The van der Waals surface area contributed by atoms with Gasteiger partial charge in [-0.05, 0) is 51.9 Å². The number of nitrogens with zero attached hydrogens (tertiary/aromatic N) is 3. The quantitative estimate of drug-likeness (QED) is 0.331. The maximum absolute atomic E-state index is 13.0. The molecule has 0 aromatic heterocycles. The molecule has 1 aromatic rings. The normalized spacial score (nSPS) is 11.9. The molecule has 0 spiro atoms. The van der Waals surface area contributed by atoms with E-state index >= 15 is 0 Å². The fourth-order valence-corrected chi connectivity index (χ4v) is 3.44. The van der Waals surface area contributed by atoms with E-state index in [1.165, 1.54) is 0 Å². The molecule has 2 N–H and O–H groups in total. The number of carbonyl (C=O) groups is 2. The zero-order chi connectivity index (χ0) is 22.4. The summed E-state index contributed by atoms with van der Waals surface area (Å²) in [6.07, 6.45) is 4.81. The number of likely N-dealkylation sites (N-methyl/N-ethyl adjacent to an activating group) is 1. The molecule has 0 fully saturated rings. The van der Waals surface area contributed by atoms with Gasteiger partial charge in [0, 0.05) is 12.2 Å². The second-order valence-electron chi connectivity index (χ2n) is 7.87. The van der Waals surface area contributed by atoms with Crippen LogP contribution in [0.25, 0.3) is 0 Å². The molecule has 30 heavy (non-hydrogen) atoms. The van der Waals surface area contributed by atoms with Gasteiger partial charge in [0.15, 0.2) is 0 Å². The number of aldehydes is 1. The van der Waals surface area contributed by atoms with Crippen molar-refractivity contribution in [3.8, 4) is 0 Å². The average Bonchev–Trinajstić information content (AvgIpc) is 2.75. The van der Waals surface area contributed by atoms with Crippen molar-refractivity contribution in [2.24, 2.45) is 5.73 Å². The maximum atomic E-state index is 13.0. The number of nitrogens with two attached hydrogens (primary N) is 1. The molecule has 0 saturated heterocycles. The summed E-state index contributed by atoms with van der Waals surface area (Å²) in [4.78, 5) is 30.2. The molecule has 6 heteroatoms. The summed E-state index contributed by atoms with van der Waals surface area (Å²) in [6, 6.07) is 10.1. The Morgan fingerprint density at radius 3 is 2.43 bits per heavy atom. The van der Waals surface area contributed by atoms with Gasteiger partial charge in [-0.25, -0.2) is 0 Å². The third kappa shape index (κ3) is 9.09. The van der Waals surface area contributed by atoms with E-state index in [1.807, 2.05) is 47.2 Å². The van der Waals surface area contributed by atoms with Gasteiger partial charge in [0.1, 0.15) is 6.29 Å². The molecule has 1 unspecified atom stereocenters. The van der Waals surface area contributed by atoms with Crippen LogP contribution in [0.5, 0.6) is 0 Å². The van der Waals surface area contributed by atoms with Crippen molar-refractivity contribution >= 4 is 12.2 Å². The van der Waals surface area contributed by atoms with E-state index in [9.17, 15) is 9.59 Å². The molecule has 168 valence electrons. The van der Waals surface area contributed by atoms with Crippen molar-refractivity contribution in [1.82, 2.24) is 14.7 Å². The molecular formula is C24H40N4O2. The highest BCUT2D eigenvalue weighted by Gasteiger charge is 2.22. The molecule has 1 amide bonds. The Morgan fingerprint density at radius 1 is 1.13 bits per heavy atom. The predicted octanol–water partition coefficient (Wildman–Crippen LogP) is 3.06. The minimum absolute atomic E-state index is 0.00552. The number of hydrogen-bond acceptors (Lipinski definition) is 5. The number of amides is 1. The average molecular weight is 417 g/mol. The molecular weight excluding hydrogens is 376 g/mol. The fourth-order valence-electron chi connectivity index (χ4n) is 3.44. The van der Waals surface area contributed by atoms with Crippen LogP contribution >= 0.6 is 0 Å². The highest BCUT2D eigenvalue weighted by atomic mass is 16.2. The number of carbonyl (C=O) groups excluding carboxylic acids is 2. The van der Waals surface area contributed by atoms with E-state index in [4.69, 9.17) is 5.73 Å². The summed E-state index contributed by atoms with van der Waals surface area (Å²) in [5, 5.41) is 0. The zero-order valence-electron chi connectivity index (χ0n) is 19.1. The Labute approximate surface area is 182 Å². The van der Waals surface area contributed by atoms with Crippen LogP contribution < -0.4 is 5.73 Å². The van der Waals surface area contributed by atoms with Crippen LogP contribution in [0.4, 0.5) is 0 Å². The van der Waals surface area contributed by atoms with Gasteiger partial charge < -0.3 is 20.3 Å². The lowest BCUT2D eigenvalue weighted by Crippen LogP contribution is -2.43. The van der Waals surface area contributed by atoms with E-state index in [1.54, 1.807) is 0 Å². The van der Waals surface area contributed by atoms with Gasteiger partial charge in [-0.2, -0.15) is 0 Å². The Bertz CT molecular complexity index is 635. The minimum atomic E-state index is 0.00552. The minimum Gasteiger partial charge on any atom is -0.360 e. The van der Waals surface area contributed by atoms with Crippen molar-refractivity contribution in [1.29, 1.82) is 0 Å². The van der Waals surface area contributed by atoms with Gasteiger partial charge in [0.25, 0.3) is 0 Å². The summed E-state index contributed by atoms with van der Waals surface area (Å²) >= 11 is 0. The third-order valence-corrected chi connectivity index (χ3v) is 5.33. The van der Waals surface area contributed by atoms with Crippen LogP contribution in [-0.4, -0.2) is 73.2 Å². The number of hydrogen-bond donors (Lipinski definition) is 1. The molecule has 0 radical (unpaired) electrons. The summed E-state index contributed by atoms with van der Waals surface area (Å²) in [6.45, 7) is 11.7. The lowest BCUT2D eigenvalue weighted by Gasteiger charge is -2.35. The fraction of sp³-hybridized carbons (Fsp3) is 0.583. The molecule has 0 saturated carbocycles. The van der Waals surface area contributed by atoms with Crippen molar-refractivity contribution in [2.45, 2.75) is 45.6 Å². The second-order valence-corrected chi connectivity index (χ2v) is 7.87. The molecule has 0 heterocycles. The van der Waals surface area contributed by atoms with Gasteiger partial charge >= 0.3 is 0 Å². The van der Waals surface area contributed by atoms with Crippen molar-refractivity contribution in [3.05, 3.63) is 48.2 Å². The van der Waals surface area contributed by atoms with Crippen molar-refractivity contribution < 1.29 is 9.59 Å². The van der Waals surface area contributed by atoms with Crippen LogP contribution in [0.3, 0.4) is 0 Å². The number of benzene rings is 1. The summed E-state index contributed by atoms with van der Waals surface area (Å²) < 4.78 is 0. The highest BCUT2D eigenvalue weighted by Crippen LogP contribution is 2.23. The smallest absolute Gasteiger partial charge is 0.237 e. The van der Waals surface area contributed by atoms with Gasteiger partial charge in [-0.3, -0.25) is 9.69 Å². The van der Waals surface area contributed by atoms with Crippen molar-refractivity contribution in [2.75, 3.05) is 46.3 Å². The topological polar surface area (TPSA) is 69.9 Å². The highest BCUT2D eigenvalue weighted by molar-refractivity contribution is 5.78. The predicted molar refractivity (Wildman–Crippen MR) is 124 cm³/mol. The lowest BCUT2D eigenvalue weighted by molar-refractivity contribution is -0.132. The molecule has 1 aromatic carbocycles. The lowest BCUT2D eigenvalue weighted by atomic mass is 10.1. The van der Waals surface area contributed by atoms with Crippen LogP contribution in [0.2, 0.25) is 0 Å². The molecule has 1 atom stereocenters. The second kappa shape index (κ2) is 14.7. The van der Waals surface area contributed by atoms with Gasteiger partial charge in [0.2, 0.25) is 5.91 Å². The first-order valence-electron chi connectivity index (χ1n) is 11.0. The van der Waals surface area contributed by atoms with Crippen LogP contribution in [0.1, 0.15) is 51.1 Å². The van der Waals surface area contributed by atoms with E-state index < -0.39 is 0 Å². The number of unbranched alkanes of at least 4 members (excludes halogenated alkanes) is 2. The van der Waals surface area contributed by atoms with Gasteiger partial charge in [-0.1, -0.05) is 50.3 Å². The van der Waals surface area contributed by atoms with Crippen LogP contribution in [-0.2, 0) is 9.59 Å². The standard InChI is InChI=1S/C24H40N4O2/c1-5-6-16-27(24(30)20-26(4)15-11-10-14-25)19-21(2)28(17-18-29)22(3)23-12-8-7-9-13-23/h7-9,12-13,18,22H,2,5-6,10-11,14-17,19-20,25H2,1,3-4H3. The first-order chi connectivity index (χ1) is 14.4. The Kier molecular flexibility index (Phi) is 12.7. The zero-order valence-corrected chi connectivity index (χ0v) is 19.1. The SMILES string of the molecule is C=C(CN(CCCC)C(=O)CN(C)CCCCN)N(CC=O)C(C)c1ccccc1. The van der Waals surface area contributed by atoms with Gasteiger partial charge in [0.05, 0.1) is 25.7 Å². The molecule has 0 aliphatic rings. The van der Waals surface area contributed by atoms with E-state index in [-0.39, 0.29) is 18.5 Å². The molecule has 1 rings (SSSR count). The molecule has 0 bridgehead atoms. The Morgan fingerprint density at radius 2 is 1.83 bits per heavy atom. The van der Waals surface area contributed by atoms with Crippen molar-refractivity contribution in [3.63, 3.8) is 0 Å². The maximum Gasteiger partial charge on any atom is 0.237 e. The molecule has 6 nitrogen and oxygen atoms in total. The molecule has 0 aliphatic carbocycles. The first-order valence-corrected chi connectivity index (χ1v) is 11.0. The first kappa shape index (κ1) is 25.9. The summed E-state index contributed by atoms with van der Waals surface area (Å²) in [5.41, 5.74) is 7.46. The van der Waals surface area contributed by atoms with E-state index in [2.05, 4.69) is 25.3 Å². The summed E-state index contributed by atoms with van der Waals surface area (Å²) in [7, 11) is 1.97. The largest absolute Gasteiger partial charge is 0.360 e.